The first-order valence-electron chi connectivity index (χ1n) is 7.12. The van der Waals surface area contributed by atoms with Crippen molar-refractivity contribution in [1.29, 1.82) is 0 Å². The Morgan fingerprint density at radius 3 is 2.59 bits per heavy atom. The zero-order valence-electron chi connectivity index (χ0n) is 10.4. The van der Waals surface area contributed by atoms with Gasteiger partial charge in [0.25, 0.3) is 0 Å². The van der Waals surface area contributed by atoms with E-state index in [1.54, 1.807) is 0 Å². The van der Waals surface area contributed by atoms with Crippen molar-refractivity contribution >= 4 is 5.97 Å². The molecule has 3 fully saturated rings. The Balaban J connectivity index is 1.75. The molecule has 2 heteroatoms. The van der Waals surface area contributed by atoms with Crippen LogP contribution in [0.3, 0.4) is 0 Å². The van der Waals surface area contributed by atoms with Crippen LogP contribution in [0.1, 0.15) is 44.9 Å². The molecule has 0 aliphatic heterocycles. The van der Waals surface area contributed by atoms with Crippen molar-refractivity contribution in [3.63, 3.8) is 0 Å². The van der Waals surface area contributed by atoms with Crippen molar-refractivity contribution in [1.82, 2.24) is 0 Å². The first-order valence-corrected chi connectivity index (χ1v) is 7.12. The lowest BCUT2D eigenvalue weighted by molar-refractivity contribution is -0.145. The second kappa shape index (κ2) is 4.47. The summed E-state index contributed by atoms with van der Waals surface area (Å²) in [7, 11) is 0. The summed E-state index contributed by atoms with van der Waals surface area (Å²) in [6.45, 7) is 3.50. The van der Waals surface area contributed by atoms with Gasteiger partial charge in [-0.1, -0.05) is 38.7 Å². The number of ether oxygens (including phenoxy) is 1. The molecule has 0 saturated heterocycles. The van der Waals surface area contributed by atoms with Gasteiger partial charge in [0.2, 0.25) is 0 Å². The van der Waals surface area contributed by atoms with Crippen LogP contribution in [0.25, 0.3) is 0 Å². The summed E-state index contributed by atoms with van der Waals surface area (Å²) in [5, 5.41) is 0. The van der Waals surface area contributed by atoms with Crippen molar-refractivity contribution in [3.05, 3.63) is 12.7 Å². The maximum Gasteiger partial charge on any atom is 0.330 e. The number of hydrogen-bond acceptors (Lipinski definition) is 2. The molecular formula is C15H22O2. The number of carbonyl (C=O) groups is 1. The van der Waals surface area contributed by atoms with E-state index in [1.165, 1.54) is 44.6 Å². The minimum Gasteiger partial charge on any atom is -0.459 e. The van der Waals surface area contributed by atoms with Gasteiger partial charge in [0.15, 0.2) is 0 Å². The van der Waals surface area contributed by atoms with Gasteiger partial charge in [-0.25, -0.2) is 4.79 Å². The van der Waals surface area contributed by atoms with Crippen LogP contribution in [0.2, 0.25) is 0 Å². The van der Waals surface area contributed by atoms with Crippen molar-refractivity contribution in [2.45, 2.75) is 51.0 Å². The van der Waals surface area contributed by atoms with Crippen molar-refractivity contribution < 1.29 is 9.53 Å². The molecule has 0 aromatic heterocycles. The molecule has 0 spiro atoms. The highest BCUT2D eigenvalue weighted by atomic mass is 16.5. The number of hydrogen-bond donors (Lipinski definition) is 0. The van der Waals surface area contributed by atoms with E-state index in [-0.39, 0.29) is 12.1 Å². The van der Waals surface area contributed by atoms with E-state index >= 15 is 0 Å². The highest BCUT2D eigenvalue weighted by molar-refractivity contribution is 5.81. The monoisotopic (exact) mass is 234 g/mol. The number of carbonyl (C=O) groups excluding carboxylic acids is 1. The molecule has 3 saturated carbocycles. The normalized spacial score (nSPS) is 43.9. The van der Waals surface area contributed by atoms with Gasteiger partial charge in [-0.3, -0.25) is 0 Å². The molecule has 17 heavy (non-hydrogen) atoms. The Kier molecular flexibility index (Phi) is 2.97. The fourth-order valence-corrected chi connectivity index (χ4v) is 4.77. The Morgan fingerprint density at radius 1 is 1.12 bits per heavy atom. The molecule has 0 N–H and O–H groups in total. The summed E-state index contributed by atoms with van der Waals surface area (Å²) in [4.78, 5) is 11.4. The highest BCUT2D eigenvalue weighted by Crippen LogP contribution is 2.55. The lowest BCUT2D eigenvalue weighted by Crippen LogP contribution is -2.34. The standard InChI is InChI=1S/C15H22O2/c1-2-14(16)17-13-9-11-7-3-5-10-6-4-8-12(13)15(10)11/h2,10-13,15H,1,3-9H2. The average molecular weight is 234 g/mol. The van der Waals surface area contributed by atoms with Crippen LogP contribution in [0.4, 0.5) is 0 Å². The third kappa shape index (κ3) is 1.92. The van der Waals surface area contributed by atoms with Gasteiger partial charge in [0, 0.05) is 6.08 Å². The van der Waals surface area contributed by atoms with Crippen LogP contribution < -0.4 is 0 Å². The zero-order chi connectivity index (χ0) is 11.8. The van der Waals surface area contributed by atoms with Gasteiger partial charge >= 0.3 is 5.97 Å². The van der Waals surface area contributed by atoms with Crippen LogP contribution in [-0.4, -0.2) is 12.1 Å². The van der Waals surface area contributed by atoms with Gasteiger partial charge in [-0.2, -0.15) is 0 Å². The number of esters is 1. The SMILES string of the molecule is C=CC(=O)OC1CC2CCCC3CCCC1C32. The van der Waals surface area contributed by atoms with Crippen LogP contribution in [-0.2, 0) is 9.53 Å². The van der Waals surface area contributed by atoms with Gasteiger partial charge in [0.1, 0.15) is 6.10 Å². The van der Waals surface area contributed by atoms with E-state index in [1.807, 2.05) is 0 Å². The Hall–Kier alpha value is -0.790. The molecule has 0 bridgehead atoms. The topological polar surface area (TPSA) is 26.3 Å². The van der Waals surface area contributed by atoms with Crippen LogP contribution >= 0.6 is 0 Å². The molecule has 0 heterocycles. The molecule has 0 radical (unpaired) electrons. The first-order chi connectivity index (χ1) is 8.29. The Bertz CT molecular complexity index is 321. The summed E-state index contributed by atoms with van der Waals surface area (Å²) in [6, 6.07) is 0. The molecule has 3 aliphatic carbocycles. The minimum absolute atomic E-state index is 0.191. The molecular weight excluding hydrogens is 212 g/mol. The second-order valence-corrected chi connectivity index (χ2v) is 6.04. The van der Waals surface area contributed by atoms with Gasteiger partial charge < -0.3 is 4.74 Å². The summed E-state index contributed by atoms with van der Waals surface area (Å²) in [6.07, 6.45) is 10.8. The van der Waals surface area contributed by atoms with Crippen LogP contribution in [0.15, 0.2) is 12.7 Å². The van der Waals surface area contributed by atoms with E-state index in [4.69, 9.17) is 4.74 Å². The van der Waals surface area contributed by atoms with E-state index in [0.29, 0.717) is 5.92 Å². The van der Waals surface area contributed by atoms with Gasteiger partial charge in [0.05, 0.1) is 0 Å². The molecule has 94 valence electrons. The molecule has 0 aromatic rings. The van der Waals surface area contributed by atoms with Crippen molar-refractivity contribution in [2.24, 2.45) is 23.7 Å². The molecule has 5 atom stereocenters. The van der Waals surface area contributed by atoms with Crippen molar-refractivity contribution in [2.75, 3.05) is 0 Å². The van der Waals surface area contributed by atoms with E-state index in [9.17, 15) is 4.79 Å². The Morgan fingerprint density at radius 2 is 1.82 bits per heavy atom. The number of rotatable bonds is 2. The second-order valence-electron chi connectivity index (χ2n) is 6.04. The summed E-state index contributed by atoms with van der Waals surface area (Å²) >= 11 is 0. The summed E-state index contributed by atoms with van der Waals surface area (Å²) in [5.41, 5.74) is 0. The maximum absolute atomic E-state index is 11.4. The molecule has 2 nitrogen and oxygen atoms in total. The molecule has 0 amide bonds. The quantitative estimate of drug-likeness (QED) is 0.541. The predicted octanol–water partition coefficient (Wildman–Crippen LogP) is 3.32. The Labute approximate surface area is 103 Å². The third-order valence-electron chi connectivity index (χ3n) is 5.29. The summed E-state index contributed by atoms with van der Waals surface area (Å²) in [5.74, 6) is 3.06. The summed E-state index contributed by atoms with van der Waals surface area (Å²) < 4.78 is 5.58. The minimum atomic E-state index is -0.226. The largest absolute Gasteiger partial charge is 0.459 e. The molecule has 3 rings (SSSR count). The van der Waals surface area contributed by atoms with E-state index < -0.39 is 0 Å². The molecule has 3 aliphatic rings. The van der Waals surface area contributed by atoms with Crippen LogP contribution in [0, 0.1) is 23.7 Å². The smallest absolute Gasteiger partial charge is 0.330 e. The van der Waals surface area contributed by atoms with Gasteiger partial charge in [-0.15, -0.1) is 0 Å². The van der Waals surface area contributed by atoms with Crippen molar-refractivity contribution in [3.8, 4) is 0 Å². The molecule has 5 unspecified atom stereocenters. The van der Waals surface area contributed by atoms with Gasteiger partial charge in [-0.05, 0) is 36.5 Å². The molecule has 0 aromatic carbocycles. The maximum atomic E-state index is 11.4. The first kappa shape index (κ1) is 11.3. The zero-order valence-corrected chi connectivity index (χ0v) is 10.4. The van der Waals surface area contributed by atoms with E-state index in [2.05, 4.69) is 6.58 Å². The lowest BCUT2D eigenvalue weighted by atomic mass is 9.65. The average Bonchev–Trinajstić information content (AvgIpc) is 2.70. The van der Waals surface area contributed by atoms with Crippen LogP contribution in [0.5, 0.6) is 0 Å². The predicted molar refractivity (Wildman–Crippen MR) is 66.4 cm³/mol. The highest BCUT2D eigenvalue weighted by Gasteiger charge is 2.50. The third-order valence-corrected chi connectivity index (χ3v) is 5.29. The fourth-order valence-electron chi connectivity index (χ4n) is 4.77. The van der Waals surface area contributed by atoms with E-state index in [0.717, 1.165) is 24.2 Å². The fraction of sp³-hybridized carbons (Fsp3) is 0.800. The lowest BCUT2D eigenvalue weighted by Gasteiger charge is -2.41.